The molecule has 3 aromatic rings. The third kappa shape index (κ3) is 4.59. The summed E-state index contributed by atoms with van der Waals surface area (Å²) in [7, 11) is 0. The van der Waals surface area contributed by atoms with Crippen molar-refractivity contribution in [3.05, 3.63) is 71.8 Å². The average Bonchev–Trinajstić information content (AvgIpc) is 3.38. The van der Waals surface area contributed by atoms with Crippen LogP contribution in [0, 0.1) is 17.8 Å². The maximum atomic E-state index is 14.0. The van der Waals surface area contributed by atoms with Crippen LogP contribution in [0.15, 0.2) is 65.8 Å². The van der Waals surface area contributed by atoms with Crippen molar-refractivity contribution >= 4 is 35.4 Å². The van der Waals surface area contributed by atoms with Crippen molar-refractivity contribution in [3.63, 3.8) is 0 Å². The smallest absolute Gasteiger partial charge is 0.316 e. The number of aromatic nitrogens is 4. The van der Waals surface area contributed by atoms with E-state index in [2.05, 4.69) is 21.4 Å². The minimum atomic E-state index is -0.990. The zero-order chi connectivity index (χ0) is 25.1. The van der Waals surface area contributed by atoms with Gasteiger partial charge in [-0.15, -0.1) is 23.3 Å². The Labute approximate surface area is 217 Å². The van der Waals surface area contributed by atoms with Crippen molar-refractivity contribution in [3.8, 4) is 12.3 Å². The van der Waals surface area contributed by atoms with Crippen LogP contribution in [0.25, 0.3) is 0 Å². The number of thioether (sulfide) groups is 2. The summed E-state index contributed by atoms with van der Waals surface area (Å²) in [6.07, 6.45) is 4.84. The molecule has 0 radical (unpaired) electrons. The van der Waals surface area contributed by atoms with Gasteiger partial charge in [0.15, 0.2) is 6.10 Å². The van der Waals surface area contributed by atoms with Crippen molar-refractivity contribution in [2.24, 2.45) is 11.1 Å². The standard InChI is InChI=1S/C25H24N6O3S2/c1-2-13-31-24(27-28-29-31)36-16-25(14-30-21(32)19(26)22(30)35-15-25)23(33)34-20(17-9-5-3-6-10-17)18-11-7-4-8-12-18/h1,3-12,19-20,22H,13-16,26H2/t19?,22-,25?/m1/s1. The Bertz CT molecular complexity index is 1240. The van der Waals surface area contributed by atoms with Gasteiger partial charge in [-0.3, -0.25) is 9.59 Å². The number of hydrogen-bond acceptors (Lipinski definition) is 9. The normalized spacial score (nSPS) is 23.0. The van der Waals surface area contributed by atoms with Crippen LogP contribution in [0.1, 0.15) is 17.2 Å². The molecule has 184 valence electrons. The molecule has 0 saturated carbocycles. The first kappa shape index (κ1) is 24.4. The van der Waals surface area contributed by atoms with E-state index in [0.29, 0.717) is 16.7 Å². The number of carbonyl (C=O) groups excluding carboxylic acids is 2. The number of β-lactam (4-membered cyclic amide) rings is 1. The van der Waals surface area contributed by atoms with Crippen molar-refractivity contribution in [2.75, 3.05) is 18.1 Å². The molecule has 11 heteroatoms. The SMILES string of the molecule is C#CCn1nnnc1SCC1(C(=O)OC(c2ccccc2)c2ccccc2)CS[C@@H]2C(N)C(=O)N2C1. The summed E-state index contributed by atoms with van der Waals surface area (Å²) >= 11 is 2.83. The summed E-state index contributed by atoms with van der Waals surface area (Å²) in [6.45, 7) is 0.434. The van der Waals surface area contributed by atoms with Crippen LogP contribution in [0.2, 0.25) is 0 Å². The number of carbonyl (C=O) groups is 2. The number of nitrogens with two attached hydrogens (primary N) is 1. The summed E-state index contributed by atoms with van der Waals surface area (Å²) in [5, 5.41) is 12.0. The third-order valence-corrected chi connectivity index (χ3v) is 9.12. The van der Waals surface area contributed by atoms with E-state index in [0.717, 1.165) is 11.1 Å². The lowest BCUT2D eigenvalue weighted by molar-refractivity contribution is -0.163. The number of amides is 1. The predicted molar refractivity (Wildman–Crippen MR) is 137 cm³/mol. The number of benzene rings is 2. The fourth-order valence-electron chi connectivity index (χ4n) is 4.30. The number of tetrazole rings is 1. The average molecular weight is 521 g/mol. The van der Waals surface area contributed by atoms with Gasteiger partial charge in [0, 0.05) is 18.1 Å². The monoisotopic (exact) mass is 520 g/mol. The first-order valence-electron chi connectivity index (χ1n) is 11.3. The van der Waals surface area contributed by atoms with E-state index in [-0.39, 0.29) is 30.3 Å². The highest BCUT2D eigenvalue weighted by Crippen LogP contribution is 2.45. The number of terminal acetylenes is 1. The summed E-state index contributed by atoms with van der Waals surface area (Å²) in [6, 6.07) is 18.7. The number of rotatable bonds is 8. The summed E-state index contributed by atoms with van der Waals surface area (Å²) in [4.78, 5) is 28.2. The van der Waals surface area contributed by atoms with Crippen LogP contribution in [-0.4, -0.2) is 66.4 Å². The van der Waals surface area contributed by atoms with Crippen LogP contribution in [0.5, 0.6) is 0 Å². The molecule has 0 bridgehead atoms. The van der Waals surface area contributed by atoms with Crippen LogP contribution in [0.4, 0.5) is 0 Å². The van der Waals surface area contributed by atoms with Crippen molar-refractivity contribution < 1.29 is 14.3 Å². The molecule has 2 saturated heterocycles. The van der Waals surface area contributed by atoms with Crippen LogP contribution in [0.3, 0.4) is 0 Å². The maximum Gasteiger partial charge on any atom is 0.316 e. The largest absolute Gasteiger partial charge is 0.452 e. The third-order valence-electron chi connectivity index (χ3n) is 6.27. The Morgan fingerprint density at radius 2 is 1.89 bits per heavy atom. The Morgan fingerprint density at radius 1 is 1.22 bits per heavy atom. The summed E-state index contributed by atoms with van der Waals surface area (Å²) in [5.41, 5.74) is 6.73. The topological polar surface area (TPSA) is 116 Å². The van der Waals surface area contributed by atoms with E-state index >= 15 is 0 Å². The lowest BCUT2D eigenvalue weighted by Crippen LogP contribution is -2.72. The Kier molecular flexibility index (Phi) is 7.00. The first-order valence-corrected chi connectivity index (χ1v) is 13.4. The van der Waals surface area contributed by atoms with Gasteiger partial charge in [-0.2, -0.15) is 0 Å². The molecule has 2 aliphatic heterocycles. The molecule has 2 N–H and O–H groups in total. The Morgan fingerprint density at radius 3 is 2.53 bits per heavy atom. The molecular formula is C25H24N6O3S2. The lowest BCUT2D eigenvalue weighted by atomic mass is 9.89. The van der Waals surface area contributed by atoms with Crippen molar-refractivity contribution in [1.82, 2.24) is 25.1 Å². The second-order valence-electron chi connectivity index (χ2n) is 8.69. The molecule has 5 rings (SSSR count). The van der Waals surface area contributed by atoms with Gasteiger partial charge < -0.3 is 15.4 Å². The number of nitrogens with zero attached hydrogens (tertiary/aromatic N) is 5. The van der Waals surface area contributed by atoms with Gasteiger partial charge in [-0.1, -0.05) is 78.3 Å². The lowest BCUT2D eigenvalue weighted by Gasteiger charge is -2.53. The number of ether oxygens (including phenoxy) is 1. The van der Waals surface area contributed by atoms with E-state index in [1.54, 1.807) is 4.90 Å². The summed E-state index contributed by atoms with van der Waals surface area (Å²) < 4.78 is 7.76. The fraction of sp³-hybridized carbons (Fsp3) is 0.320. The van der Waals surface area contributed by atoms with Crippen LogP contribution >= 0.6 is 23.5 Å². The second-order valence-corrected chi connectivity index (χ2v) is 10.7. The number of fused-ring (bicyclic) bond motifs is 1. The van der Waals surface area contributed by atoms with Crippen LogP contribution in [-0.2, 0) is 20.9 Å². The minimum absolute atomic E-state index is 0.130. The van der Waals surface area contributed by atoms with Gasteiger partial charge in [-0.25, -0.2) is 4.68 Å². The second kappa shape index (κ2) is 10.3. The summed E-state index contributed by atoms with van der Waals surface area (Å²) in [5.74, 6) is 2.74. The van der Waals surface area contributed by atoms with E-state index in [4.69, 9.17) is 16.9 Å². The molecule has 0 spiro atoms. The molecule has 0 aliphatic carbocycles. The van der Waals surface area contributed by atoms with Gasteiger partial charge in [0.1, 0.15) is 23.4 Å². The molecule has 2 aromatic carbocycles. The number of hydrogen-bond donors (Lipinski definition) is 1. The molecular weight excluding hydrogens is 496 g/mol. The van der Waals surface area contributed by atoms with Gasteiger partial charge in [0.2, 0.25) is 11.1 Å². The van der Waals surface area contributed by atoms with E-state index < -0.39 is 17.6 Å². The first-order chi connectivity index (χ1) is 17.5. The van der Waals surface area contributed by atoms with E-state index in [9.17, 15) is 9.59 Å². The predicted octanol–water partition coefficient (Wildman–Crippen LogP) is 1.96. The molecule has 2 fully saturated rings. The number of esters is 1. The zero-order valence-electron chi connectivity index (χ0n) is 19.3. The van der Waals surface area contributed by atoms with Gasteiger partial charge in [0.25, 0.3) is 0 Å². The molecule has 36 heavy (non-hydrogen) atoms. The van der Waals surface area contributed by atoms with E-state index in [1.165, 1.54) is 28.2 Å². The fourth-order valence-corrected chi connectivity index (χ4v) is 6.98. The Balaban J connectivity index is 1.44. The Hall–Kier alpha value is -3.33. The van der Waals surface area contributed by atoms with E-state index in [1.807, 2.05) is 60.7 Å². The van der Waals surface area contributed by atoms with Crippen LogP contribution < -0.4 is 5.73 Å². The highest BCUT2D eigenvalue weighted by Gasteiger charge is 2.56. The molecule has 3 heterocycles. The van der Waals surface area contributed by atoms with Gasteiger partial charge in [-0.05, 0) is 21.6 Å². The van der Waals surface area contributed by atoms with Gasteiger partial charge in [0.05, 0.1) is 0 Å². The maximum absolute atomic E-state index is 14.0. The molecule has 2 aliphatic rings. The molecule has 9 nitrogen and oxygen atoms in total. The molecule has 1 amide bonds. The highest BCUT2D eigenvalue weighted by molar-refractivity contribution is 8.00. The molecule has 3 atom stereocenters. The molecule has 1 aromatic heterocycles. The molecule has 2 unspecified atom stereocenters. The minimum Gasteiger partial charge on any atom is -0.452 e. The van der Waals surface area contributed by atoms with Gasteiger partial charge >= 0.3 is 5.97 Å². The highest BCUT2D eigenvalue weighted by atomic mass is 32.2. The zero-order valence-corrected chi connectivity index (χ0v) is 20.9. The van der Waals surface area contributed by atoms with Crippen molar-refractivity contribution in [2.45, 2.75) is 29.2 Å². The quantitative estimate of drug-likeness (QED) is 0.206. The van der Waals surface area contributed by atoms with Crippen molar-refractivity contribution in [1.29, 1.82) is 0 Å².